The van der Waals surface area contributed by atoms with Crippen molar-refractivity contribution in [2.24, 2.45) is 0 Å². The molecule has 20 heavy (non-hydrogen) atoms. The van der Waals surface area contributed by atoms with Gasteiger partial charge in [0, 0.05) is 32.6 Å². The summed E-state index contributed by atoms with van der Waals surface area (Å²) in [4.78, 5) is 13.9. The molecule has 0 unspecified atom stereocenters. The molecule has 5 heteroatoms. The molecule has 0 spiro atoms. The lowest BCUT2D eigenvalue weighted by Gasteiger charge is -2.26. The topological polar surface area (TPSA) is 32.3 Å². The molecule has 1 saturated heterocycles. The van der Waals surface area contributed by atoms with Gasteiger partial charge in [-0.15, -0.1) is 0 Å². The second-order valence-corrected chi connectivity index (χ2v) is 5.87. The molecule has 3 nitrogen and oxygen atoms in total. The average Bonchev–Trinajstić information content (AvgIpc) is 2.48. The third kappa shape index (κ3) is 4.37. The lowest BCUT2D eigenvalue weighted by atomic mass is 10.1. The first-order chi connectivity index (χ1) is 9.68. The number of rotatable bonds is 5. The monoisotopic (exact) mass is 314 g/mol. The van der Waals surface area contributed by atoms with Gasteiger partial charge in [0.25, 0.3) is 0 Å². The van der Waals surface area contributed by atoms with Gasteiger partial charge in [0.15, 0.2) is 0 Å². The summed E-state index contributed by atoms with van der Waals surface area (Å²) in [7, 11) is 0. The number of nitrogens with one attached hydrogen (secondary N) is 1. The van der Waals surface area contributed by atoms with Gasteiger partial charge in [0.2, 0.25) is 5.91 Å². The minimum absolute atomic E-state index is 0.245. The molecule has 0 aromatic heterocycles. The minimum Gasteiger partial charge on any atom is -0.343 e. The molecule has 0 aliphatic carbocycles. The second kappa shape index (κ2) is 7.87. The molecule has 0 saturated carbocycles. The number of piperidine rings is 1. The Bertz CT molecular complexity index is 459. The van der Waals surface area contributed by atoms with Gasteiger partial charge in [-0.25, -0.2) is 0 Å². The van der Waals surface area contributed by atoms with E-state index in [2.05, 4.69) is 5.32 Å². The number of benzene rings is 1. The van der Waals surface area contributed by atoms with E-state index in [0.717, 1.165) is 31.5 Å². The summed E-state index contributed by atoms with van der Waals surface area (Å²) in [5, 5.41) is 4.40. The van der Waals surface area contributed by atoms with Crippen LogP contribution in [0.15, 0.2) is 18.2 Å². The fourth-order valence-electron chi connectivity index (χ4n) is 2.40. The largest absolute Gasteiger partial charge is 0.343 e. The Morgan fingerprint density at radius 3 is 2.70 bits per heavy atom. The zero-order chi connectivity index (χ0) is 14.4. The Morgan fingerprint density at radius 1 is 1.20 bits per heavy atom. The van der Waals surface area contributed by atoms with E-state index in [4.69, 9.17) is 23.2 Å². The van der Waals surface area contributed by atoms with E-state index in [1.165, 1.54) is 6.42 Å². The molecular weight excluding hydrogens is 295 g/mol. The van der Waals surface area contributed by atoms with Gasteiger partial charge in [-0.1, -0.05) is 35.3 Å². The average molecular weight is 315 g/mol. The van der Waals surface area contributed by atoms with Crippen LogP contribution in [0.4, 0.5) is 0 Å². The number of amides is 1. The third-order valence-corrected chi connectivity index (χ3v) is 4.43. The van der Waals surface area contributed by atoms with Gasteiger partial charge < -0.3 is 10.2 Å². The molecule has 0 atom stereocenters. The maximum Gasteiger partial charge on any atom is 0.223 e. The molecule has 110 valence electrons. The smallest absolute Gasteiger partial charge is 0.223 e. The van der Waals surface area contributed by atoms with Crippen LogP contribution in [-0.2, 0) is 11.3 Å². The number of halogens is 2. The van der Waals surface area contributed by atoms with Crippen LogP contribution in [0.1, 0.15) is 31.2 Å². The summed E-state index contributed by atoms with van der Waals surface area (Å²) in [5.41, 5.74) is 0.963. The van der Waals surface area contributed by atoms with E-state index < -0.39 is 0 Å². The van der Waals surface area contributed by atoms with Crippen LogP contribution in [0, 0.1) is 0 Å². The van der Waals surface area contributed by atoms with Crippen molar-refractivity contribution < 1.29 is 4.79 Å². The summed E-state index contributed by atoms with van der Waals surface area (Å²) in [5.74, 6) is 0.245. The molecule has 1 heterocycles. The summed E-state index contributed by atoms with van der Waals surface area (Å²) >= 11 is 12.1. The first-order valence-electron chi connectivity index (χ1n) is 7.10. The number of likely N-dealkylation sites (tertiary alicyclic amines) is 1. The third-order valence-electron chi connectivity index (χ3n) is 3.57. The highest BCUT2D eigenvalue weighted by Gasteiger charge is 2.15. The van der Waals surface area contributed by atoms with Gasteiger partial charge in [0.1, 0.15) is 0 Å². The fourth-order valence-corrected chi connectivity index (χ4v) is 2.79. The maximum atomic E-state index is 12.0. The van der Waals surface area contributed by atoms with Crippen LogP contribution in [0.25, 0.3) is 0 Å². The number of nitrogens with zero attached hydrogens (tertiary/aromatic N) is 1. The van der Waals surface area contributed by atoms with Crippen molar-refractivity contribution in [3.8, 4) is 0 Å². The van der Waals surface area contributed by atoms with Gasteiger partial charge in [-0.05, 0) is 30.9 Å². The molecule has 1 amide bonds. The molecule has 1 aromatic rings. The highest BCUT2D eigenvalue weighted by Crippen LogP contribution is 2.25. The van der Waals surface area contributed by atoms with Crippen molar-refractivity contribution in [2.45, 2.75) is 32.2 Å². The number of hydrogen-bond donors (Lipinski definition) is 1. The molecule has 2 rings (SSSR count). The molecule has 1 N–H and O–H groups in total. The Morgan fingerprint density at radius 2 is 1.95 bits per heavy atom. The van der Waals surface area contributed by atoms with Crippen LogP contribution < -0.4 is 5.32 Å². The summed E-state index contributed by atoms with van der Waals surface area (Å²) in [6.45, 7) is 3.13. The minimum atomic E-state index is 0.245. The fraction of sp³-hybridized carbons (Fsp3) is 0.533. The van der Waals surface area contributed by atoms with Gasteiger partial charge in [0.05, 0.1) is 10.0 Å². The van der Waals surface area contributed by atoms with Crippen molar-refractivity contribution in [1.82, 2.24) is 10.2 Å². The van der Waals surface area contributed by atoms with Crippen molar-refractivity contribution in [2.75, 3.05) is 19.6 Å². The zero-order valence-electron chi connectivity index (χ0n) is 11.5. The molecule has 1 fully saturated rings. The van der Waals surface area contributed by atoms with Crippen molar-refractivity contribution in [3.63, 3.8) is 0 Å². The maximum absolute atomic E-state index is 12.0. The van der Waals surface area contributed by atoms with E-state index in [0.29, 0.717) is 29.6 Å². The van der Waals surface area contributed by atoms with E-state index >= 15 is 0 Å². The first kappa shape index (κ1) is 15.6. The first-order valence-corrected chi connectivity index (χ1v) is 7.85. The predicted octanol–water partition coefficient (Wildman–Crippen LogP) is 3.49. The SMILES string of the molecule is O=C(CCNCc1cccc(Cl)c1Cl)N1CCCCC1. The lowest BCUT2D eigenvalue weighted by molar-refractivity contribution is -0.131. The van der Waals surface area contributed by atoms with E-state index in [9.17, 15) is 4.79 Å². The summed E-state index contributed by atoms with van der Waals surface area (Å²) in [6, 6.07) is 5.59. The van der Waals surface area contributed by atoms with Crippen molar-refractivity contribution in [1.29, 1.82) is 0 Å². The highest BCUT2D eigenvalue weighted by atomic mass is 35.5. The van der Waals surface area contributed by atoms with Crippen molar-refractivity contribution >= 4 is 29.1 Å². The van der Waals surface area contributed by atoms with Crippen LogP contribution in [0.5, 0.6) is 0 Å². The molecule has 1 aliphatic heterocycles. The Balaban J connectivity index is 1.70. The summed E-state index contributed by atoms with van der Waals surface area (Å²) in [6.07, 6.45) is 4.06. The van der Waals surface area contributed by atoms with E-state index in [1.54, 1.807) is 6.07 Å². The molecule has 1 aromatic carbocycles. The Hall–Kier alpha value is -0.770. The van der Waals surface area contributed by atoms with Gasteiger partial charge in [-0.3, -0.25) is 4.79 Å². The zero-order valence-corrected chi connectivity index (χ0v) is 13.0. The van der Waals surface area contributed by atoms with E-state index in [-0.39, 0.29) is 5.91 Å². The highest BCUT2D eigenvalue weighted by molar-refractivity contribution is 6.42. The van der Waals surface area contributed by atoms with Crippen LogP contribution in [0.3, 0.4) is 0 Å². The van der Waals surface area contributed by atoms with E-state index in [1.807, 2.05) is 17.0 Å². The Labute approximate surface area is 130 Å². The summed E-state index contributed by atoms with van der Waals surface area (Å²) < 4.78 is 0. The number of carbonyl (C=O) groups is 1. The van der Waals surface area contributed by atoms with Crippen LogP contribution in [-0.4, -0.2) is 30.4 Å². The molecular formula is C15H20Cl2N2O. The van der Waals surface area contributed by atoms with Crippen LogP contribution in [0.2, 0.25) is 10.0 Å². The van der Waals surface area contributed by atoms with Crippen molar-refractivity contribution in [3.05, 3.63) is 33.8 Å². The molecule has 1 aliphatic rings. The molecule has 0 bridgehead atoms. The normalized spacial score (nSPS) is 15.4. The quantitative estimate of drug-likeness (QED) is 0.844. The number of hydrogen-bond acceptors (Lipinski definition) is 2. The Kier molecular flexibility index (Phi) is 6.14. The number of carbonyl (C=O) groups excluding carboxylic acids is 1. The predicted molar refractivity (Wildman–Crippen MR) is 83.2 cm³/mol. The second-order valence-electron chi connectivity index (χ2n) is 5.08. The molecule has 0 radical (unpaired) electrons. The van der Waals surface area contributed by atoms with Crippen LogP contribution >= 0.6 is 23.2 Å². The standard InChI is InChI=1S/C15H20Cl2N2O/c16-13-6-4-5-12(15(13)17)11-18-8-7-14(20)19-9-2-1-3-10-19/h4-6,18H,1-3,7-11H2. The van der Waals surface area contributed by atoms with Gasteiger partial charge >= 0.3 is 0 Å². The van der Waals surface area contributed by atoms with Gasteiger partial charge in [-0.2, -0.15) is 0 Å². The lowest BCUT2D eigenvalue weighted by Crippen LogP contribution is -2.37.